The molecule has 25 heavy (non-hydrogen) atoms. The molecule has 1 aromatic carbocycles. The van der Waals surface area contributed by atoms with Crippen LogP contribution >= 0.6 is 0 Å². The predicted octanol–water partition coefficient (Wildman–Crippen LogP) is 1.91. The Morgan fingerprint density at radius 2 is 2.04 bits per heavy atom. The van der Waals surface area contributed by atoms with Gasteiger partial charge >= 0.3 is 0 Å². The van der Waals surface area contributed by atoms with Gasteiger partial charge in [0.2, 0.25) is 10.0 Å². The molecule has 7 nitrogen and oxygen atoms in total. The lowest BCUT2D eigenvalue weighted by Crippen LogP contribution is -2.29. The van der Waals surface area contributed by atoms with E-state index < -0.39 is 15.9 Å². The zero-order chi connectivity index (χ0) is 18.0. The maximum Gasteiger partial charge on any atom is 0.264 e. The van der Waals surface area contributed by atoms with Gasteiger partial charge < -0.3 is 9.14 Å². The number of imidazole rings is 1. The fourth-order valence-corrected chi connectivity index (χ4v) is 2.79. The summed E-state index contributed by atoms with van der Waals surface area (Å²) >= 11 is 0. The summed E-state index contributed by atoms with van der Waals surface area (Å²) in [6.45, 7) is 2.24. The van der Waals surface area contributed by atoms with Crippen molar-refractivity contribution in [3.8, 4) is 5.75 Å². The minimum Gasteiger partial charge on any atom is -0.487 e. The van der Waals surface area contributed by atoms with Crippen molar-refractivity contribution in [2.75, 3.05) is 6.26 Å². The van der Waals surface area contributed by atoms with Gasteiger partial charge in [0.25, 0.3) is 5.91 Å². The number of fused-ring (bicyclic) bond motifs is 1. The summed E-state index contributed by atoms with van der Waals surface area (Å²) in [6, 6.07) is 10.2. The van der Waals surface area contributed by atoms with E-state index in [1.165, 1.54) is 12.1 Å². The van der Waals surface area contributed by atoms with Crippen molar-refractivity contribution in [2.24, 2.45) is 0 Å². The van der Waals surface area contributed by atoms with E-state index in [9.17, 15) is 13.2 Å². The average molecular weight is 359 g/mol. The Bertz CT molecular complexity index is 1040. The van der Waals surface area contributed by atoms with Gasteiger partial charge in [0, 0.05) is 18.0 Å². The van der Waals surface area contributed by atoms with Gasteiger partial charge in [-0.3, -0.25) is 4.79 Å². The Morgan fingerprint density at radius 3 is 2.80 bits per heavy atom. The summed E-state index contributed by atoms with van der Waals surface area (Å²) in [4.78, 5) is 16.3. The van der Waals surface area contributed by atoms with Crippen LogP contribution in [0.5, 0.6) is 5.75 Å². The lowest BCUT2D eigenvalue weighted by molar-refractivity contribution is 0.0981. The average Bonchev–Trinajstić information content (AvgIpc) is 2.93. The minimum atomic E-state index is -3.61. The lowest BCUT2D eigenvalue weighted by Gasteiger charge is -2.07. The van der Waals surface area contributed by atoms with Crippen LogP contribution < -0.4 is 9.46 Å². The van der Waals surface area contributed by atoms with Crippen LogP contribution in [0.3, 0.4) is 0 Å². The fraction of sp³-hybridized carbons (Fsp3) is 0.176. The number of hydrogen-bond donors (Lipinski definition) is 1. The quantitative estimate of drug-likeness (QED) is 0.752. The van der Waals surface area contributed by atoms with Gasteiger partial charge in [0.15, 0.2) is 0 Å². The number of aryl methyl sites for hydroxylation is 1. The molecule has 1 N–H and O–H groups in total. The van der Waals surface area contributed by atoms with Gasteiger partial charge in [-0.05, 0) is 36.8 Å². The molecule has 0 saturated carbocycles. The molecular formula is C17H17N3O4S. The number of nitrogens with one attached hydrogen (secondary N) is 1. The van der Waals surface area contributed by atoms with Crippen molar-refractivity contribution in [1.82, 2.24) is 14.1 Å². The number of aromatic nitrogens is 2. The molecule has 1 amide bonds. The molecule has 3 aromatic rings. The number of carbonyl (C=O) groups is 1. The first kappa shape index (κ1) is 17.0. The van der Waals surface area contributed by atoms with Crippen LogP contribution in [0.15, 0.2) is 48.8 Å². The molecule has 0 unspecified atom stereocenters. The van der Waals surface area contributed by atoms with Crippen LogP contribution in [-0.2, 0) is 16.6 Å². The highest BCUT2D eigenvalue weighted by molar-refractivity contribution is 7.89. The molecule has 0 radical (unpaired) electrons. The first-order chi connectivity index (χ1) is 11.8. The van der Waals surface area contributed by atoms with E-state index in [1.807, 2.05) is 40.6 Å². The van der Waals surface area contributed by atoms with Gasteiger partial charge in [-0.15, -0.1) is 0 Å². The first-order valence-electron chi connectivity index (χ1n) is 7.49. The Balaban J connectivity index is 1.72. The maximum atomic E-state index is 11.9. The smallest absolute Gasteiger partial charge is 0.264 e. The van der Waals surface area contributed by atoms with Crippen molar-refractivity contribution < 1.29 is 17.9 Å². The molecular weight excluding hydrogens is 342 g/mol. The zero-order valence-electron chi connectivity index (χ0n) is 13.8. The topological polar surface area (TPSA) is 89.8 Å². The second-order valence-corrected chi connectivity index (χ2v) is 7.47. The second-order valence-electron chi connectivity index (χ2n) is 5.72. The summed E-state index contributed by atoms with van der Waals surface area (Å²) in [6.07, 6.45) is 4.78. The van der Waals surface area contributed by atoms with E-state index in [4.69, 9.17) is 4.74 Å². The Hall–Kier alpha value is -2.87. The van der Waals surface area contributed by atoms with E-state index >= 15 is 0 Å². The van der Waals surface area contributed by atoms with E-state index in [0.717, 1.165) is 23.2 Å². The molecule has 0 saturated heterocycles. The molecule has 0 aliphatic rings. The third-order valence-corrected chi connectivity index (χ3v) is 3.97. The highest BCUT2D eigenvalue weighted by Gasteiger charge is 2.12. The van der Waals surface area contributed by atoms with Crippen LogP contribution in [0.2, 0.25) is 0 Å². The van der Waals surface area contributed by atoms with Crippen molar-refractivity contribution >= 4 is 21.6 Å². The van der Waals surface area contributed by atoms with Gasteiger partial charge in [0.1, 0.15) is 18.0 Å². The SMILES string of the molecule is Cc1ccc2nc(COc3cccc(C(=O)NS(C)(=O)=O)c3)cn2c1. The molecule has 130 valence electrons. The predicted molar refractivity (Wildman–Crippen MR) is 93.0 cm³/mol. The standard InChI is InChI=1S/C17H17N3O4S/c1-12-6-7-16-18-14(10-20(16)9-12)11-24-15-5-3-4-13(8-15)17(21)19-25(2,22)23/h3-10H,11H2,1-2H3,(H,19,21). The molecule has 0 spiro atoms. The molecule has 2 heterocycles. The molecule has 0 aliphatic heterocycles. The maximum absolute atomic E-state index is 11.9. The largest absolute Gasteiger partial charge is 0.487 e. The van der Waals surface area contributed by atoms with E-state index in [1.54, 1.807) is 12.1 Å². The monoisotopic (exact) mass is 359 g/mol. The van der Waals surface area contributed by atoms with Crippen molar-refractivity contribution in [3.63, 3.8) is 0 Å². The Kier molecular flexibility index (Phi) is 4.45. The summed E-state index contributed by atoms with van der Waals surface area (Å²) < 4.78 is 31.8. The number of ether oxygens (including phenoxy) is 1. The number of benzene rings is 1. The van der Waals surface area contributed by atoms with E-state index in [0.29, 0.717) is 5.75 Å². The van der Waals surface area contributed by atoms with Crippen LogP contribution in [0.1, 0.15) is 21.6 Å². The zero-order valence-corrected chi connectivity index (χ0v) is 14.6. The van der Waals surface area contributed by atoms with E-state index in [-0.39, 0.29) is 12.2 Å². The molecule has 0 atom stereocenters. The Labute approximate surface area is 145 Å². The van der Waals surface area contributed by atoms with Gasteiger partial charge in [0.05, 0.1) is 11.9 Å². The number of sulfonamides is 1. The van der Waals surface area contributed by atoms with Crippen LogP contribution in [-0.4, -0.2) is 30.0 Å². The normalized spacial score (nSPS) is 11.4. The summed E-state index contributed by atoms with van der Waals surface area (Å²) in [5.41, 5.74) is 2.90. The second kappa shape index (κ2) is 6.56. The number of rotatable bonds is 5. The molecule has 0 aliphatic carbocycles. The third-order valence-electron chi connectivity index (χ3n) is 3.41. The van der Waals surface area contributed by atoms with Crippen LogP contribution in [0, 0.1) is 6.92 Å². The number of carbonyl (C=O) groups excluding carboxylic acids is 1. The fourth-order valence-electron chi connectivity index (χ4n) is 2.34. The number of nitrogens with zero attached hydrogens (tertiary/aromatic N) is 2. The Morgan fingerprint density at radius 1 is 1.24 bits per heavy atom. The molecule has 0 fully saturated rings. The van der Waals surface area contributed by atoms with Gasteiger partial charge in [-0.1, -0.05) is 12.1 Å². The molecule has 2 aromatic heterocycles. The highest BCUT2D eigenvalue weighted by Crippen LogP contribution is 2.16. The van der Waals surface area contributed by atoms with Crippen LogP contribution in [0.4, 0.5) is 0 Å². The van der Waals surface area contributed by atoms with Crippen molar-refractivity contribution in [2.45, 2.75) is 13.5 Å². The van der Waals surface area contributed by atoms with Crippen molar-refractivity contribution in [1.29, 1.82) is 0 Å². The lowest BCUT2D eigenvalue weighted by atomic mass is 10.2. The summed E-state index contributed by atoms with van der Waals surface area (Å²) in [7, 11) is -3.61. The highest BCUT2D eigenvalue weighted by atomic mass is 32.2. The summed E-state index contributed by atoms with van der Waals surface area (Å²) in [5, 5.41) is 0. The van der Waals surface area contributed by atoms with Crippen LogP contribution in [0.25, 0.3) is 5.65 Å². The number of pyridine rings is 1. The van der Waals surface area contributed by atoms with Gasteiger partial charge in [-0.25, -0.2) is 18.1 Å². The summed E-state index contributed by atoms with van der Waals surface area (Å²) in [5.74, 6) is -0.245. The third kappa shape index (κ3) is 4.36. The number of amides is 1. The van der Waals surface area contributed by atoms with Gasteiger partial charge in [-0.2, -0.15) is 0 Å². The number of hydrogen-bond acceptors (Lipinski definition) is 5. The first-order valence-corrected chi connectivity index (χ1v) is 9.38. The molecule has 8 heteroatoms. The van der Waals surface area contributed by atoms with E-state index in [2.05, 4.69) is 4.98 Å². The molecule has 3 rings (SSSR count). The molecule has 0 bridgehead atoms. The van der Waals surface area contributed by atoms with Crippen molar-refractivity contribution in [3.05, 3.63) is 65.6 Å². The minimum absolute atomic E-state index is 0.202.